The van der Waals surface area contributed by atoms with Crippen LogP contribution in [0.2, 0.25) is 0 Å². The normalized spacial score (nSPS) is 26.3. The monoisotopic (exact) mass is 212 g/mol. The van der Waals surface area contributed by atoms with Gasteiger partial charge in [0.05, 0.1) is 0 Å². The van der Waals surface area contributed by atoms with E-state index in [0.29, 0.717) is 6.04 Å². The standard InChI is InChI=1S/C12H24N2O/c1-10(15)14(2)12-7-3-5-11(9-12)6-4-8-13/h11-12H,3-9,13H2,1-2H3. The Morgan fingerprint density at radius 1 is 1.47 bits per heavy atom. The summed E-state index contributed by atoms with van der Waals surface area (Å²) in [6, 6.07) is 0.471. The summed E-state index contributed by atoms with van der Waals surface area (Å²) in [5.74, 6) is 0.980. The summed E-state index contributed by atoms with van der Waals surface area (Å²) in [5.41, 5.74) is 5.52. The van der Waals surface area contributed by atoms with Gasteiger partial charge in [-0.3, -0.25) is 4.79 Å². The van der Waals surface area contributed by atoms with Crippen molar-refractivity contribution in [2.45, 2.75) is 51.5 Å². The number of amides is 1. The molecule has 15 heavy (non-hydrogen) atoms. The Bertz CT molecular complexity index is 206. The van der Waals surface area contributed by atoms with Gasteiger partial charge in [0.2, 0.25) is 5.91 Å². The first-order chi connectivity index (χ1) is 7.15. The summed E-state index contributed by atoms with van der Waals surface area (Å²) in [6.45, 7) is 2.45. The van der Waals surface area contributed by atoms with Gasteiger partial charge in [-0.25, -0.2) is 0 Å². The van der Waals surface area contributed by atoms with Gasteiger partial charge in [0.1, 0.15) is 0 Å². The molecular weight excluding hydrogens is 188 g/mol. The van der Waals surface area contributed by atoms with Crippen molar-refractivity contribution < 1.29 is 4.79 Å². The molecule has 0 aromatic heterocycles. The first-order valence-electron chi connectivity index (χ1n) is 6.08. The van der Waals surface area contributed by atoms with E-state index in [2.05, 4.69) is 0 Å². The molecule has 0 saturated heterocycles. The van der Waals surface area contributed by atoms with E-state index in [0.717, 1.165) is 18.9 Å². The third-order valence-corrected chi connectivity index (χ3v) is 3.62. The van der Waals surface area contributed by atoms with E-state index < -0.39 is 0 Å². The topological polar surface area (TPSA) is 46.3 Å². The maximum atomic E-state index is 11.3. The van der Waals surface area contributed by atoms with E-state index in [1.54, 1.807) is 6.92 Å². The fourth-order valence-corrected chi connectivity index (χ4v) is 2.54. The lowest BCUT2D eigenvalue weighted by atomic mass is 9.82. The van der Waals surface area contributed by atoms with E-state index in [9.17, 15) is 4.79 Å². The maximum absolute atomic E-state index is 11.3. The number of carbonyl (C=O) groups excluding carboxylic acids is 1. The van der Waals surface area contributed by atoms with Gasteiger partial charge in [-0.2, -0.15) is 0 Å². The zero-order chi connectivity index (χ0) is 11.3. The molecule has 0 bridgehead atoms. The van der Waals surface area contributed by atoms with Gasteiger partial charge < -0.3 is 10.6 Å². The highest BCUT2D eigenvalue weighted by molar-refractivity contribution is 5.73. The number of hydrogen-bond acceptors (Lipinski definition) is 2. The second-order valence-electron chi connectivity index (χ2n) is 4.75. The molecule has 0 aromatic carbocycles. The van der Waals surface area contributed by atoms with Crippen molar-refractivity contribution in [1.82, 2.24) is 4.90 Å². The van der Waals surface area contributed by atoms with Gasteiger partial charge in [-0.1, -0.05) is 12.8 Å². The van der Waals surface area contributed by atoms with Gasteiger partial charge in [-0.15, -0.1) is 0 Å². The Kier molecular flexibility index (Phi) is 5.09. The molecule has 0 aromatic rings. The molecule has 2 unspecified atom stereocenters. The van der Waals surface area contributed by atoms with Crippen LogP contribution >= 0.6 is 0 Å². The van der Waals surface area contributed by atoms with Crippen LogP contribution in [0, 0.1) is 5.92 Å². The highest BCUT2D eigenvalue weighted by Gasteiger charge is 2.25. The van der Waals surface area contributed by atoms with Crippen LogP contribution < -0.4 is 5.73 Å². The van der Waals surface area contributed by atoms with Crippen LogP contribution in [-0.2, 0) is 4.79 Å². The SMILES string of the molecule is CC(=O)N(C)C1CCCC(CCCN)C1. The second kappa shape index (κ2) is 6.11. The Morgan fingerprint density at radius 2 is 2.20 bits per heavy atom. The van der Waals surface area contributed by atoms with Crippen LogP contribution in [0.25, 0.3) is 0 Å². The van der Waals surface area contributed by atoms with Gasteiger partial charge in [0.15, 0.2) is 0 Å². The molecule has 2 atom stereocenters. The molecule has 0 heterocycles. The third kappa shape index (κ3) is 3.82. The highest BCUT2D eigenvalue weighted by atomic mass is 16.2. The van der Waals surface area contributed by atoms with Gasteiger partial charge in [-0.05, 0) is 38.1 Å². The summed E-state index contributed by atoms with van der Waals surface area (Å²) in [6.07, 6.45) is 7.30. The first kappa shape index (κ1) is 12.5. The number of rotatable bonds is 4. The van der Waals surface area contributed by atoms with Crippen molar-refractivity contribution in [3.05, 3.63) is 0 Å². The smallest absolute Gasteiger partial charge is 0.219 e. The predicted octanol–water partition coefficient (Wildman–Crippen LogP) is 1.76. The summed E-state index contributed by atoms with van der Waals surface area (Å²) in [4.78, 5) is 13.2. The molecule has 1 saturated carbocycles. The number of nitrogens with two attached hydrogens (primary N) is 1. The van der Waals surface area contributed by atoms with E-state index in [1.165, 1.54) is 32.1 Å². The molecule has 1 aliphatic rings. The Balaban J connectivity index is 2.38. The average molecular weight is 212 g/mol. The molecule has 0 spiro atoms. The van der Waals surface area contributed by atoms with Crippen molar-refractivity contribution in [3.63, 3.8) is 0 Å². The summed E-state index contributed by atoms with van der Waals surface area (Å²) in [5, 5.41) is 0. The number of hydrogen-bond donors (Lipinski definition) is 1. The van der Waals surface area contributed by atoms with Gasteiger partial charge in [0.25, 0.3) is 0 Å². The van der Waals surface area contributed by atoms with Crippen LogP contribution in [0.3, 0.4) is 0 Å². The van der Waals surface area contributed by atoms with Crippen molar-refractivity contribution in [2.24, 2.45) is 11.7 Å². The second-order valence-corrected chi connectivity index (χ2v) is 4.75. The van der Waals surface area contributed by atoms with Gasteiger partial charge in [0, 0.05) is 20.0 Å². The summed E-state index contributed by atoms with van der Waals surface area (Å²) >= 11 is 0. The summed E-state index contributed by atoms with van der Waals surface area (Å²) in [7, 11) is 1.93. The molecule has 1 fully saturated rings. The lowest BCUT2D eigenvalue weighted by molar-refractivity contribution is -0.130. The zero-order valence-electron chi connectivity index (χ0n) is 10.0. The number of carbonyl (C=O) groups is 1. The minimum atomic E-state index is 0.194. The minimum absolute atomic E-state index is 0.194. The number of nitrogens with zero attached hydrogens (tertiary/aromatic N) is 1. The van der Waals surface area contributed by atoms with Gasteiger partial charge >= 0.3 is 0 Å². The van der Waals surface area contributed by atoms with Crippen molar-refractivity contribution >= 4 is 5.91 Å². The lowest BCUT2D eigenvalue weighted by Gasteiger charge is -2.35. The Labute approximate surface area is 93.0 Å². The molecule has 3 nitrogen and oxygen atoms in total. The molecular formula is C12H24N2O. The van der Waals surface area contributed by atoms with Crippen LogP contribution in [0.15, 0.2) is 0 Å². The maximum Gasteiger partial charge on any atom is 0.219 e. The van der Waals surface area contributed by atoms with E-state index in [-0.39, 0.29) is 5.91 Å². The molecule has 1 rings (SSSR count). The fourth-order valence-electron chi connectivity index (χ4n) is 2.54. The fraction of sp³-hybridized carbons (Fsp3) is 0.917. The Morgan fingerprint density at radius 3 is 2.80 bits per heavy atom. The highest BCUT2D eigenvalue weighted by Crippen LogP contribution is 2.30. The third-order valence-electron chi connectivity index (χ3n) is 3.62. The first-order valence-corrected chi connectivity index (χ1v) is 6.08. The molecule has 0 radical (unpaired) electrons. The van der Waals surface area contributed by atoms with Crippen molar-refractivity contribution in [1.29, 1.82) is 0 Å². The van der Waals surface area contributed by atoms with Crippen molar-refractivity contribution in [3.8, 4) is 0 Å². The molecule has 1 amide bonds. The molecule has 2 N–H and O–H groups in total. The van der Waals surface area contributed by atoms with Crippen LogP contribution in [0.4, 0.5) is 0 Å². The van der Waals surface area contributed by atoms with Crippen LogP contribution in [0.5, 0.6) is 0 Å². The summed E-state index contributed by atoms with van der Waals surface area (Å²) < 4.78 is 0. The van der Waals surface area contributed by atoms with Crippen molar-refractivity contribution in [2.75, 3.05) is 13.6 Å². The molecule has 3 heteroatoms. The van der Waals surface area contributed by atoms with Crippen LogP contribution in [0.1, 0.15) is 45.4 Å². The Hall–Kier alpha value is -0.570. The van der Waals surface area contributed by atoms with E-state index in [1.807, 2.05) is 11.9 Å². The predicted molar refractivity (Wildman–Crippen MR) is 62.5 cm³/mol. The van der Waals surface area contributed by atoms with E-state index >= 15 is 0 Å². The molecule has 0 aliphatic heterocycles. The minimum Gasteiger partial charge on any atom is -0.343 e. The van der Waals surface area contributed by atoms with E-state index in [4.69, 9.17) is 5.73 Å². The average Bonchev–Trinajstić information content (AvgIpc) is 2.25. The van der Waals surface area contributed by atoms with Crippen LogP contribution in [-0.4, -0.2) is 30.4 Å². The zero-order valence-corrected chi connectivity index (χ0v) is 10.0. The lowest BCUT2D eigenvalue weighted by Crippen LogP contribution is -2.38. The molecule has 1 aliphatic carbocycles. The largest absolute Gasteiger partial charge is 0.343 e. The molecule has 88 valence electrons. The quantitative estimate of drug-likeness (QED) is 0.772.